The van der Waals surface area contributed by atoms with Crippen molar-refractivity contribution in [1.29, 1.82) is 0 Å². The average molecular weight is 294 g/mol. The quantitative estimate of drug-likeness (QED) is 0.614. The van der Waals surface area contributed by atoms with Crippen molar-refractivity contribution < 1.29 is 27.5 Å². The van der Waals surface area contributed by atoms with Gasteiger partial charge in [-0.25, -0.2) is 0 Å². The number of carbonyl (C=O) groups excluding carboxylic acids is 2. The van der Waals surface area contributed by atoms with Crippen molar-refractivity contribution in [2.24, 2.45) is 0 Å². The van der Waals surface area contributed by atoms with Crippen LogP contribution in [-0.4, -0.2) is 54.6 Å². The van der Waals surface area contributed by atoms with Gasteiger partial charge in [0.15, 0.2) is 0 Å². The second-order valence-electron chi connectivity index (χ2n) is 4.32. The smallest absolute Gasteiger partial charge is 0.302 e. The van der Waals surface area contributed by atoms with Gasteiger partial charge in [0.1, 0.15) is 12.2 Å². The average Bonchev–Trinajstić information content (AvgIpc) is 2.67. The fraction of sp³-hybridized carbons (Fsp3) is 0.800. The molecule has 2 aliphatic rings. The minimum absolute atomic E-state index is 0.165. The van der Waals surface area contributed by atoms with Gasteiger partial charge < -0.3 is 9.47 Å². The molecule has 2 fully saturated rings. The summed E-state index contributed by atoms with van der Waals surface area (Å²) in [5.74, 6) is -0.632. The van der Waals surface area contributed by atoms with E-state index in [2.05, 4.69) is 0 Å². The van der Waals surface area contributed by atoms with E-state index < -0.39 is 56.2 Å². The Morgan fingerprint density at radius 2 is 1.22 bits per heavy atom. The van der Waals surface area contributed by atoms with Crippen molar-refractivity contribution in [3.8, 4) is 0 Å². The maximum atomic E-state index is 12.0. The summed E-state index contributed by atoms with van der Waals surface area (Å²) in [7, 11) is -2.58. The van der Waals surface area contributed by atoms with Crippen molar-refractivity contribution in [3.05, 3.63) is 0 Å². The van der Waals surface area contributed by atoms with Crippen LogP contribution < -0.4 is 0 Å². The summed E-state index contributed by atoms with van der Waals surface area (Å²) >= 11 is 0. The van der Waals surface area contributed by atoms with Gasteiger partial charge >= 0.3 is 11.9 Å². The van der Waals surface area contributed by atoms with Crippen molar-refractivity contribution >= 4 is 33.5 Å². The summed E-state index contributed by atoms with van der Waals surface area (Å²) in [6.07, 6.45) is -1.20. The topological polar surface area (TPSA) is 86.7 Å². The van der Waals surface area contributed by atoms with E-state index in [4.69, 9.17) is 9.47 Å². The van der Waals surface area contributed by atoms with Crippen LogP contribution in [-0.2, 0) is 40.7 Å². The van der Waals surface area contributed by atoms with Gasteiger partial charge in [-0.2, -0.15) is 0 Å². The van der Waals surface area contributed by atoms with Crippen LogP contribution in [0.3, 0.4) is 0 Å². The fourth-order valence-corrected chi connectivity index (χ4v) is 6.98. The van der Waals surface area contributed by atoms with Crippen molar-refractivity contribution in [1.82, 2.24) is 0 Å². The van der Waals surface area contributed by atoms with Gasteiger partial charge in [0.2, 0.25) is 0 Å². The molecule has 0 radical (unpaired) electrons. The summed E-state index contributed by atoms with van der Waals surface area (Å²) < 4.78 is 34.1. The van der Waals surface area contributed by atoms with Crippen LogP contribution in [0, 0.1) is 0 Å². The molecule has 2 heterocycles. The second kappa shape index (κ2) is 5.08. The molecule has 0 spiro atoms. The molecule has 8 heteroatoms. The van der Waals surface area contributed by atoms with Crippen LogP contribution >= 0.6 is 0 Å². The lowest BCUT2D eigenvalue weighted by Gasteiger charge is -2.17. The zero-order valence-corrected chi connectivity index (χ0v) is 11.6. The van der Waals surface area contributed by atoms with Gasteiger partial charge in [-0.1, -0.05) is 0 Å². The molecule has 0 N–H and O–H groups in total. The Morgan fingerprint density at radius 3 is 1.50 bits per heavy atom. The number of carbonyl (C=O) groups is 2. The molecule has 0 aromatic carbocycles. The lowest BCUT2D eigenvalue weighted by atomic mass is 10.1. The lowest BCUT2D eigenvalue weighted by molar-refractivity contribution is -0.147. The Balaban J connectivity index is 2.18. The van der Waals surface area contributed by atoms with Crippen molar-refractivity contribution in [2.75, 3.05) is 11.5 Å². The number of fused-ring (bicyclic) bond motifs is 1. The Labute approximate surface area is 109 Å². The predicted octanol–water partition coefficient (Wildman–Crippen LogP) is -0.888. The number of rotatable bonds is 2. The number of esters is 2. The molecular formula is C10H14O6S2. The largest absolute Gasteiger partial charge is 0.460 e. The number of ether oxygens (including phenoxy) is 2. The first kappa shape index (κ1) is 13.7. The molecule has 2 saturated heterocycles. The van der Waals surface area contributed by atoms with Crippen LogP contribution in [0.15, 0.2) is 0 Å². The molecule has 2 rings (SSSR count). The maximum Gasteiger partial charge on any atom is 0.302 e. The molecule has 0 amide bonds. The van der Waals surface area contributed by atoms with Crippen LogP contribution in [0.4, 0.5) is 0 Å². The van der Waals surface area contributed by atoms with E-state index in [0.717, 1.165) is 0 Å². The molecule has 0 saturated carbocycles. The lowest BCUT2D eigenvalue weighted by Crippen LogP contribution is -2.36. The Morgan fingerprint density at radius 1 is 0.889 bits per heavy atom. The summed E-state index contributed by atoms with van der Waals surface area (Å²) in [6.45, 7) is 2.52. The highest BCUT2D eigenvalue weighted by Gasteiger charge is 2.56. The van der Waals surface area contributed by atoms with E-state index in [-0.39, 0.29) is 11.5 Å². The monoisotopic (exact) mass is 294 g/mol. The van der Waals surface area contributed by atoms with Gasteiger partial charge in [0.25, 0.3) is 0 Å². The normalized spacial score (nSPS) is 42.3. The third-order valence-electron chi connectivity index (χ3n) is 2.96. The number of hydrogen-bond acceptors (Lipinski definition) is 6. The van der Waals surface area contributed by atoms with E-state index in [1.54, 1.807) is 0 Å². The Kier molecular flexibility index (Phi) is 3.86. The highest BCUT2D eigenvalue weighted by atomic mass is 32.2. The molecular weight excluding hydrogens is 280 g/mol. The second-order valence-corrected chi connectivity index (χ2v) is 7.60. The first-order chi connectivity index (χ1) is 8.40. The van der Waals surface area contributed by atoms with Gasteiger partial charge in [-0.15, -0.1) is 0 Å². The SMILES string of the molecule is CC(=O)O[C@@H]1CS(=O)[C@H]2[C@@H]1S(=O)C[C@H]2OC(C)=O. The van der Waals surface area contributed by atoms with Gasteiger partial charge in [-0.3, -0.25) is 18.0 Å². The summed E-state index contributed by atoms with van der Waals surface area (Å²) in [4.78, 5) is 21.9. The standard InChI is InChI=1S/C10H14O6S2/c1-5(11)15-7-3-17(13)10-8(16-6(2)12)4-18(14)9(7)10/h7-10H,3-4H2,1-2H3/t7-,8-,9-,10-,17?,18?/m1/s1. The molecule has 0 aliphatic carbocycles. The number of hydrogen-bond donors (Lipinski definition) is 0. The van der Waals surface area contributed by atoms with E-state index in [0.29, 0.717) is 0 Å². The zero-order chi connectivity index (χ0) is 13.4. The third kappa shape index (κ3) is 2.49. The van der Waals surface area contributed by atoms with E-state index >= 15 is 0 Å². The molecule has 18 heavy (non-hydrogen) atoms. The zero-order valence-electron chi connectivity index (χ0n) is 9.99. The maximum absolute atomic E-state index is 12.0. The van der Waals surface area contributed by atoms with Gasteiger partial charge in [-0.05, 0) is 0 Å². The first-order valence-electron chi connectivity index (χ1n) is 5.49. The highest BCUT2D eigenvalue weighted by molar-refractivity contribution is 7.91. The van der Waals surface area contributed by atoms with Gasteiger partial charge in [0, 0.05) is 35.4 Å². The van der Waals surface area contributed by atoms with E-state index in [1.165, 1.54) is 13.8 Å². The van der Waals surface area contributed by atoms with Crippen LogP contribution in [0.5, 0.6) is 0 Å². The third-order valence-corrected chi connectivity index (χ3v) is 6.85. The molecule has 0 aromatic heterocycles. The molecule has 0 aromatic rings. The molecule has 2 unspecified atom stereocenters. The first-order valence-corrected chi connectivity index (χ1v) is 8.25. The molecule has 0 bridgehead atoms. The minimum Gasteiger partial charge on any atom is -0.460 e. The predicted molar refractivity (Wildman–Crippen MR) is 64.7 cm³/mol. The Bertz CT molecular complexity index is 394. The van der Waals surface area contributed by atoms with Crippen molar-refractivity contribution in [2.45, 2.75) is 36.6 Å². The molecule has 2 aliphatic heterocycles. The molecule has 6 atom stereocenters. The summed E-state index contributed by atoms with van der Waals surface area (Å²) in [5, 5.41) is -0.974. The van der Waals surface area contributed by atoms with E-state index in [9.17, 15) is 18.0 Å². The fourth-order valence-electron chi connectivity index (χ4n) is 2.43. The highest BCUT2D eigenvalue weighted by Crippen LogP contribution is 2.35. The van der Waals surface area contributed by atoms with Crippen LogP contribution in [0.2, 0.25) is 0 Å². The molecule has 6 nitrogen and oxygen atoms in total. The van der Waals surface area contributed by atoms with Crippen LogP contribution in [0.1, 0.15) is 13.8 Å². The van der Waals surface area contributed by atoms with E-state index in [1.807, 2.05) is 0 Å². The van der Waals surface area contributed by atoms with Gasteiger partial charge in [0.05, 0.1) is 22.0 Å². The minimum atomic E-state index is -1.29. The Hall–Kier alpha value is -0.760. The summed E-state index contributed by atoms with van der Waals surface area (Å²) in [5.41, 5.74) is 0. The van der Waals surface area contributed by atoms with Crippen LogP contribution in [0.25, 0.3) is 0 Å². The van der Waals surface area contributed by atoms with Crippen molar-refractivity contribution in [3.63, 3.8) is 0 Å². The summed E-state index contributed by atoms with van der Waals surface area (Å²) in [6, 6.07) is 0. The molecule has 102 valence electrons.